The molecule has 0 aromatic heterocycles. The Kier molecular flexibility index (Phi) is 6.17. The van der Waals surface area contributed by atoms with Crippen molar-refractivity contribution in [3.8, 4) is 0 Å². The second-order valence-electron chi connectivity index (χ2n) is 7.30. The van der Waals surface area contributed by atoms with Crippen molar-refractivity contribution in [2.75, 3.05) is 0 Å². The van der Waals surface area contributed by atoms with Gasteiger partial charge in [-0.15, -0.1) is 0 Å². The molecule has 1 fully saturated rings. The van der Waals surface area contributed by atoms with E-state index in [4.69, 9.17) is 11.6 Å². The Bertz CT molecular complexity index is 807. The largest absolute Gasteiger partial charge is 0.352 e. The number of hydrogen-bond acceptors (Lipinski definition) is 2. The molecule has 2 aromatic rings. The first kappa shape index (κ1) is 19.4. The molecule has 0 radical (unpaired) electrons. The normalized spacial score (nSPS) is 18.2. The second-order valence-corrected chi connectivity index (χ2v) is 7.71. The molecule has 0 aliphatic heterocycles. The third-order valence-electron chi connectivity index (χ3n) is 4.96. The predicted molar refractivity (Wildman–Crippen MR) is 107 cm³/mol. The van der Waals surface area contributed by atoms with Gasteiger partial charge >= 0.3 is 0 Å². The Morgan fingerprint density at radius 3 is 2.41 bits per heavy atom. The zero-order valence-electron chi connectivity index (χ0n) is 15.7. The number of rotatable bonds is 7. The van der Waals surface area contributed by atoms with Crippen LogP contribution in [0.4, 0.5) is 0 Å². The topological polar surface area (TPSA) is 49.4 Å². The summed E-state index contributed by atoms with van der Waals surface area (Å²) in [4.78, 5) is 27.2. The van der Waals surface area contributed by atoms with Crippen LogP contribution in [0.25, 0.3) is 0 Å². The van der Waals surface area contributed by atoms with Gasteiger partial charge in [0, 0.05) is 24.2 Å². The van der Waals surface area contributed by atoms with Gasteiger partial charge < -0.3 is 10.2 Å². The molecule has 0 spiro atoms. The Labute approximate surface area is 165 Å². The molecule has 2 unspecified atom stereocenters. The first-order valence-electron chi connectivity index (χ1n) is 9.33. The molecule has 0 heterocycles. The zero-order chi connectivity index (χ0) is 19.4. The second kappa shape index (κ2) is 8.57. The minimum Gasteiger partial charge on any atom is -0.352 e. The molecule has 0 saturated heterocycles. The summed E-state index contributed by atoms with van der Waals surface area (Å²) in [5, 5.41) is 3.54. The number of halogens is 1. The average molecular weight is 385 g/mol. The molecular weight excluding hydrogens is 360 g/mol. The molecule has 1 N–H and O–H groups in total. The van der Waals surface area contributed by atoms with Gasteiger partial charge in [-0.25, -0.2) is 0 Å². The lowest BCUT2D eigenvalue weighted by Crippen LogP contribution is -2.38. The molecule has 1 saturated carbocycles. The molecule has 1 aliphatic carbocycles. The van der Waals surface area contributed by atoms with Gasteiger partial charge in [0.1, 0.15) is 0 Å². The standard InChI is InChI=1S/C22H25ClN2O2/c1-15(2)25(14-16-8-4-3-5-9-16)22(27)19-12-18(19)21(26)24-13-17-10-6-7-11-20(17)23/h3-11,15,18-19H,12-14H2,1-2H3,(H,24,26). The van der Waals surface area contributed by atoms with E-state index in [-0.39, 0.29) is 29.7 Å². The van der Waals surface area contributed by atoms with Crippen LogP contribution in [0.2, 0.25) is 5.02 Å². The van der Waals surface area contributed by atoms with Crippen LogP contribution in [0, 0.1) is 11.8 Å². The summed E-state index contributed by atoms with van der Waals surface area (Å²) >= 11 is 6.12. The summed E-state index contributed by atoms with van der Waals surface area (Å²) < 4.78 is 0. The van der Waals surface area contributed by atoms with Gasteiger partial charge in [0.05, 0.1) is 11.8 Å². The minimum atomic E-state index is -0.239. The first-order valence-corrected chi connectivity index (χ1v) is 9.70. The number of benzene rings is 2. The lowest BCUT2D eigenvalue weighted by atomic mass is 10.1. The molecule has 2 aromatic carbocycles. The van der Waals surface area contributed by atoms with Crippen LogP contribution in [0.5, 0.6) is 0 Å². The maximum absolute atomic E-state index is 12.9. The third-order valence-corrected chi connectivity index (χ3v) is 5.33. The van der Waals surface area contributed by atoms with Gasteiger partial charge in [-0.05, 0) is 37.5 Å². The molecule has 142 valence electrons. The Balaban J connectivity index is 1.56. The highest BCUT2D eigenvalue weighted by molar-refractivity contribution is 6.31. The summed E-state index contributed by atoms with van der Waals surface area (Å²) in [6.07, 6.45) is 0.616. The maximum Gasteiger partial charge on any atom is 0.227 e. The monoisotopic (exact) mass is 384 g/mol. The van der Waals surface area contributed by atoms with Gasteiger partial charge in [-0.3, -0.25) is 9.59 Å². The van der Waals surface area contributed by atoms with Crippen molar-refractivity contribution in [3.63, 3.8) is 0 Å². The molecular formula is C22H25ClN2O2. The molecule has 0 bridgehead atoms. The van der Waals surface area contributed by atoms with Crippen molar-refractivity contribution in [2.24, 2.45) is 11.8 Å². The lowest BCUT2D eigenvalue weighted by molar-refractivity contribution is -0.136. The van der Waals surface area contributed by atoms with Crippen molar-refractivity contribution in [1.29, 1.82) is 0 Å². The van der Waals surface area contributed by atoms with Crippen LogP contribution in [0.1, 0.15) is 31.4 Å². The third kappa shape index (κ3) is 4.89. The summed E-state index contributed by atoms with van der Waals surface area (Å²) in [5.74, 6) is -0.470. The number of nitrogens with zero attached hydrogens (tertiary/aromatic N) is 1. The Hall–Kier alpha value is -2.33. The van der Waals surface area contributed by atoms with E-state index in [2.05, 4.69) is 5.32 Å². The summed E-state index contributed by atoms with van der Waals surface area (Å²) in [6.45, 7) is 4.97. The fourth-order valence-electron chi connectivity index (χ4n) is 3.22. The van der Waals surface area contributed by atoms with Gasteiger partial charge in [-0.2, -0.15) is 0 Å². The maximum atomic E-state index is 12.9. The summed E-state index contributed by atoms with van der Waals surface area (Å²) in [6, 6.07) is 17.5. The van der Waals surface area contributed by atoms with Crippen LogP contribution in [-0.2, 0) is 22.7 Å². The van der Waals surface area contributed by atoms with Gasteiger partial charge in [0.2, 0.25) is 11.8 Å². The highest BCUT2D eigenvalue weighted by Crippen LogP contribution is 2.41. The molecule has 4 nitrogen and oxygen atoms in total. The van der Waals surface area contributed by atoms with Crippen molar-refractivity contribution in [2.45, 2.75) is 39.4 Å². The smallest absolute Gasteiger partial charge is 0.227 e. The minimum absolute atomic E-state index is 0.0618. The van der Waals surface area contributed by atoms with E-state index in [0.29, 0.717) is 24.5 Å². The number of hydrogen-bond donors (Lipinski definition) is 1. The number of nitrogens with one attached hydrogen (secondary N) is 1. The zero-order valence-corrected chi connectivity index (χ0v) is 16.4. The Morgan fingerprint density at radius 2 is 1.74 bits per heavy atom. The van der Waals surface area contributed by atoms with Crippen molar-refractivity contribution in [3.05, 3.63) is 70.7 Å². The molecule has 2 atom stereocenters. The fourth-order valence-corrected chi connectivity index (χ4v) is 3.42. The van der Waals surface area contributed by atoms with E-state index in [9.17, 15) is 9.59 Å². The van der Waals surface area contributed by atoms with Gasteiger partial charge in [0.25, 0.3) is 0 Å². The average Bonchev–Trinajstić information content (AvgIpc) is 3.46. The summed E-state index contributed by atoms with van der Waals surface area (Å²) in [7, 11) is 0. The van der Waals surface area contributed by atoms with Crippen LogP contribution < -0.4 is 5.32 Å². The van der Waals surface area contributed by atoms with Crippen LogP contribution in [0.3, 0.4) is 0 Å². The van der Waals surface area contributed by atoms with Crippen molar-refractivity contribution in [1.82, 2.24) is 10.2 Å². The molecule has 1 aliphatic rings. The van der Waals surface area contributed by atoms with Crippen LogP contribution in [0.15, 0.2) is 54.6 Å². The highest BCUT2D eigenvalue weighted by Gasteiger charge is 2.49. The van der Waals surface area contributed by atoms with E-state index in [1.54, 1.807) is 6.07 Å². The predicted octanol–water partition coefficient (Wildman–Crippen LogP) is 4.03. The van der Waals surface area contributed by atoms with Gasteiger partial charge in [0.15, 0.2) is 0 Å². The fraction of sp³-hybridized carbons (Fsp3) is 0.364. The first-order chi connectivity index (χ1) is 13.0. The van der Waals surface area contributed by atoms with Crippen LogP contribution >= 0.6 is 11.6 Å². The molecule has 27 heavy (non-hydrogen) atoms. The van der Waals surface area contributed by atoms with Crippen molar-refractivity contribution < 1.29 is 9.59 Å². The number of carbonyl (C=O) groups excluding carboxylic acids is 2. The number of carbonyl (C=O) groups is 2. The molecule has 2 amide bonds. The Morgan fingerprint density at radius 1 is 1.07 bits per heavy atom. The van der Waals surface area contributed by atoms with E-state index in [1.807, 2.05) is 67.3 Å². The van der Waals surface area contributed by atoms with Crippen LogP contribution in [-0.4, -0.2) is 22.8 Å². The van der Waals surface area contributed by atoms with E-state index >= 15 is 0 Å². The highest BCUT2D eigenvalue weighted by atomic mass is 35.5. The van der Waals surface area contributed by atoms with E-state index in [1.165, 1.54) is 0 Å². The van der Waals surface area contributed by atoms with E-state index in [0.717, 1.165) is 11.1 Å². The van der Waals surface area contributed by atoms with Gasteiger partial charge in [-0.1, -0.05) is 60.1 Å². The molecule has 5 heteroatoms. The molecule has 3 rings (SSSR count). The van der Waals surface area contributed by atoms with Crippen molar-refractivity contribution >= 4 is 23.4 Å². The summed E-state index contributed by atoms with van der Waals surface area (Å²) in [5.41, 5.74) is 1.98. The number of amides is 2. The van der Waals surface area contributed by atoms with E-state index < -0.39 is 0 Å². The quantitative estimate of drug-likeness (QED) is 0.783. The lowest BCUT2D eigenvalue weighted by Gasteiger charge is -2.27. The SMILES string of the molecule is CC(C)N(Cc1ccccc1)C(=O)C1CC1C(=O)NCc1ccccc1Cl.